The summed E-state index contributed by atoms with van der Waals surface area (Å²) in [5.41, 5.74) is 3.72. The first kappa shape index (κ1) is 23.0. The molecule has 4 rings (SSSR count). The number of piperazine rings is 1. The van der Waals surface area contributed by atoms with Crippen LogP contribution in [0.1, 0.15) is 32.2 Å². The Hall–Kier alpha value is -2.19. The van der Waals surface area contributed by atoms with Crippen LogP contribution in [0.5, 0.6) is 0 Å². The van der Waals surface area contributed by atoms with Gasteiger partial charge in [0.25, 0.3) is 0 Å². The highest BCUT2D eigenvalue weighted by Gasteiger charge is 2.26. The van der Waals surface area contributed by atoms with Crippen molar-refractivity contribution in [3.05, 3.63) is 64.1 Å². The third-order valence-electron chi connectivity index (χ3n) is 5.91. The molecule has 0 amide bonds. The summed E-state index contributed by atoms with van der Waals surface area (Å²) in [7, 11) is 1.71. The number of thiocarbonyl (C=S) groups is 1. The van der Waals surface area contributed by atoms with E-state index in [1.54, 1.807) is 7.05 Å². The van der Waals surface area contributed by atoms with Crippen LogP contribution in [0.25, 0.3) is 11.0 Å². The van der Waals surface area contributed by atoms with Gasteiger partial charge in [-0.2, -0.15) is 0 Å². The fourth-order valence-electron chi connectivity index (χ4n) is 4.03. The van der Waals surface area contributed by atoms with Crippen LogP contribution in [-0.2, 0) is 12.0 Å². The van der Waals surface area contributed by atoms with E-state index in [2.05, 4.69) is 54.9 Å². The number of imidazole rings is 1. The molecule has 0 unspecified atom stereocenters. The second-order valence-electron chi connectivity index (χ2n) is 9.74. The normalized spacial score (nSPS) is 16.4. The maximum Gasteiger partial charge on any atom is 0.173 e. The molecule has 6 nitrogen and oxygen atoms in total. The second-order valence-corrected chi connectivity index (χ2v) is 10.5. The van der Waals surface area contributed by atoms with E-state index in [9.17, 15) is 5.21 Å². The highest BCUT2D eigenvalue weighted by Crippen LogP contribution is 2.33. The van der Waals surface area contributed by atoms with E-state index in [0.717, 1.165) is 29.1 Å². The first-order chi connectivity index (χ1) is 15.0. The third-order valence-corrected chi connectivity index (χ3v) is 6.58. The van der Waals surface area contributed by atoms with Crippen molar-refractivity contribution in [2.24, 2.45) is 0 Å². The number of nitrogens with zero attached hydrogens (tertiary/aromatic N) is 4. The smallest absolute Gasteiger partial charge is 0.173 e. The van der Waals surface area contributed by atoms with E-state index in [0.29, 0.717) is 36.3 Å². The Labute approximate surface area is 200 Å². The lowest BCUT2D eigenvalue weighted by Crippen LogP contribution is -2.55. The Morgan fingerprint density at radius 2 is 1.84 bits per heavy atom. The van der Waals surface area contributed by atoms with Crippen LogP contribution < -0.4 is 5.32 Å². The lowest BCUT2D eigenvalue weighted by molar-refractivity contribution is -0.864. The summed E-state index contributed by atoms with van der Waals surface area (Å²) >= 11 is 12.3. The molecular weight excluding hydrogens is 442 g/mol. The van der Waals surface area contributed by atoms with E-state index < -0.39 is 0 Å². The number of aromatic nitrogens is 2. The number of rotatable bonds is 3. The zero-order valence-electron chi connectivity index (χ0n) is 19.1. The molecule has 2 aromatic carbocycles. The topological polar surface area (TPSA) is 56.1 Å². The molecule has 0 aliphatic carbocycles. The molecule has 3 aromatic rings. The number of hydroxylamine groups is 3. The summed E-state index contributed by atoms with van der Waals surface area (Å²) in [4.78, 5) is 6.98. The predicted octanol–water partition coefficient (Wildman–Crippen LogP) is 4.99. The molecule has 1 saturated heterocycles. The molecule has 1 aliphatic rings. The molecule has 0 atom stereocenters. The van der Waals surface area contributed by atoms with Gasteiger partial charge in [-0.25, -0.2) is 4.98 Å². The SMILES string of the molecule is CC(C)(C)c1nc2cc(Cl)c(NC(=S)N3CC[N+](C)([O-])CC3)cc2n1Cc1ccccc1. The maximum atomic E-state index is 12.1. The van der Waals surface area contributed by atoms with Gasteiger partial charge >= 0.3 is 0 Å². The zero-order chi connectivity index (χ0) is 23.1. The number of halogens is 1. The van der Waals surface area contributed by atoms with Gasteiger partial charge in [0.05, 0.1) is 55.0 Å². The van der Waals surface area contributed by atoms with Gasteiger partial charge in [-0.15, -0.1) is 0 Å². The number of anilines is 1. The summed E-state index contributed by atoms with van der Waals surface area (Å²) in [5, 5.41) is 16.6. The first-order valence-corrected chi connectivity index (χ1v) is 11.7. The Balaban J connectivity index is 1.68. The summed E-state index contributed by atoms with van der Waals surface area (Å²) < 4.78 is 2.04. The van der Waals surface area contributed by atoms with Crippen molar-refractivity contribution in [2.45, 2.75) is 32.7 Å². The van der Waals surface area contributed by atoms with Crippen molar-refractivity contribution < 1.29 is 4.65 Å². The van der Waals surface area contributed by atoms with Gasteiger partial charge in [0.15, 0.2) is 5.11 Å². The fourth-order valence-corrected chi connectivity index (χ4v) is 4.52. The monoisotopic (exact) mass is 471 g/mol. The van der Waals surface area contributed by atoms with Crippen molar-refractivity contribution >= 4 is 45.7 Å². The molecule has 0 saturated carbocycles. The molecule has 0 radical (unpaired) electrons. The molecule has 1 N–H and O–H groups in total. The van der Waals surface area contributed by atoms with E-state index >= 15 is 0 Å². The van der Waals surface area contributed by atoms with Crippen LogP contribution in [0.4, 0.5) is 5.69 Å². The Kier molecular flexibility index (Phi) is 6.20. The van der Waals surface area contributed by atoms with E-state index in [1.165, 1.54) is 5.56 Å². The molecule has 1 aromatic heterocycles. The quantitative estimate of drug-likeness (QED) is 0.331. The molecule has 0 bridgehead atoms. The van der Waals surface area contributed by atoms with Crippen LogP contribution in [0.3, 0.4) is 0 Å². The molecule has 1 fully saturated rings. The predicted molar refractivity (Wildman–Crippen MR) is 136 cm³/mol. The molecule has 8 heteroatoms. The van der Waals surface area contributed by atoms with Crippen molar-refractivity contribution in [3.63, 3.8) is 0 Å². The number of likely N-dealkylation sites (N-methyl/N-ethyl adjacent to an activating group) is 1. The van der Waals surface area contributed by atoms with Crippen molar-refractivity contribution in [3.8, 4) is 0 Å². The lowest BCUT2D eigenvalue weighted by Gasteiger charge is -2.45. The zero-order valence-corrected chi connectivity index (χ0v) is 20.6. The maximum absolute atomic E-state index is 12.1. The van der Waals surface area contributed by atoms with Gasteiger partial charge in [-0.3, -0.25) is 0 Å². The summed E-state index contributed by atoms with van der Waals surface area (Å²) in [5.74, 6) is 1.01. The number of fused-ring (bicyclic) bond motifs is 1. The Morgan fingerprint density at radius 3 is 2.47 bits per heavy atom. The van der Waals surface area contributed by atoms with E-state index in [1.807, 2.05) is 23.1 Å². The highest BCUT2D eigenvalue weighted by molar-refractivity contribution is 7.80. The lowest BCUT2D eigenvalue weighted by atomic mass is 9.95. The minimum atomic E-state index is -0.222. The Morgan fingerprint density at radius 1 is 1.19 bits per heavy atom. The summed E-state index contributed by atoms with van der Waals surface area (Å²) in [6, 6.07) is 14.3. The van der Waals surface area contributed by atoms with Crippen LogP contribution in [0.2, 0.25) is 5.02 Å². The van der Waals surface area contributed by atoms with Gasteiger partial charge in [-0.1, -0.05) is 62.7 Å². The second kappa shape index (κ2) is 8.63. The minimum Gasteiger partial charge on any atom is -0.633 e. The van der Waals surface area contributed by atoms with E-state index in [-0.39, 0.29) is 10.1 Å². The third kappa shape index (κ3) is 4.91. The average molecular weight is 472 g/mol. The molecule has 1 aliphatic heterocycles. The Bertz CT molecular complexity index is 1130. The van der Waals surface area contributed by atoms with E-state index in [4.69, 9.17) is 28.8 Å². The molecule has 32 heavy (non-hydrogen) atoms. The van der Waals surface area contributed by atoms with Crippen LogP contribution in [-0.4, -0.2) is 57.4 Å². The molecule has 0 spiro atoms. The number of quaternary nitrogens is 1. The van der Waals surface area contributed by atoms with Crippen LogP contribution in [0.15, 0.2) is 42.5 Å². The van der Waals surface area contributed by atoms with Gasteiger partial charge < -0.3 is 24.6 Å². The van der Waals surface area contributed by atoms with Crippen molar-refractivity contribution in [2.75, 3.05) is 38.5 Å². The van der Waals surface area contributed by atoms with Gasteiger partial charge in [0.2, 0.25) is 0 Å². The number of hydrogen-bond donors (Lipinski definition) is 1. The fraction of sp³-hybridized carbons (Fsp3) is 0.417. The number of nitrogens with one attached hydrogen (secondary N) is 1. The summed E-state index contributed by atoms with van der Waals surface area (Å²) in [6.45, 7) is 9.54. The van der Waals surface area contributed by atoms with Crippen molar-refractivity contribution in [1.29, 1.82) is 0 Å². The van der Waals surface area contributed by atoms with Crippen LogP contribution in [0, 0.1) is 5.21 Å². The summed E-state index contributed by atoms with van der Waals surface area (Å²) in [6.07, 6.45) is 0. The minimum absolute atomic E-state index is 0.125. The standard InChI is InChI=1S/C24H30ClN5OS/c1-24(2,3)22-26-20-14-18(25)19(27-23(32)28-10-12-30(4,31)13-11-28)15-21(20)29(22)16-17-8-6-5-7-9-17/h5-9,14-15H,10-13,16H2,1-4H3,(H,27,32). The van der Waals surface area contributed by atoms with Gasteiger partial charge in [0.1, 0.15) is 5.82 Å². The molecular formula is C24H30ClN5OS. The first-order valence-electron chi connectivity index (χ1n) is 10.9. The number of benzene rings is 2. The number of hydrogen-bond acceptors (Lipinski definition) is 3. The van der Waals surface area contributed by atoms with Crippen molar-refractivity contribution in [1.82, 2.24) is 14.5 Å². The van der Waals surface area contributed by atoms with Gasteiger partial charge in [0, 0.05) is 12.0 Å². The molecule has 170 valence electrons. The van der Waals surface area contributed by atoms with Gasteiger partial charge in [-0.05, 0) is 29.9 Å². The average Bonchev–Trinajstić information content (AvgIpc) is 3.06. The largest absolute Gasteiger partial charge is 0.633 e. The molecule has 2 heterocycles. The highest BCUT2D eigenvalue weighted by atomic mass is 35.5. The van der Waals surface area contributed by atoms with Crippen LogP contribution >= 0.6 is 23.8 Å².